The molecule has 1 amide bonds. The number of carbonyl (C=O) groups excluding carboxylic acids is 2. The van der Waals surface area contributed by atoms with E-state index in [9.17, 15) is 19.5 Å². The summed E-state index contributed by atoms with van der Waals surface area (Å²) in [6, 6.07) is 0. The lowest BCUT2D eigenvalue weighted by Crippen LogP contribution is -2.49. The largest absolute Gasteiger partial charge is 0.481 e. The van der Waals surface area contributed by atoms with E-state index in [0.29, 0.717) is 16.5 Å². The quantitative estimate of drug-likeness (QED) is 0.700. The third-order valence-electron chi connectivity index (χ3n) is 7.38. The van der Waals surface area contributed by atoms with Gasteiger partial charge in [-0.2, -0.15) is 0 Å². The Kier molecular flexibility index (Phi) is 5.69. The van der Waals surface area contributed by atoms with E-state index in [0.717, 1.165) is 61.8 Å². The first kappa shape index (κ1) is 20.4. The molecule has 0 saturated heterocycles. The number of hydrogen-bond acceptors (Lipinski definition) is 5. The monoisotopic (exact) mass is 419 g/mol. The summed E-state index contributed by atoms with van der Waals surface area (Å²) >= 11 is 1.47. The second-order valence-electron chi connectivity index (χ2n) is 8.77. The molecule has 0 unspecified atom stereocenters. The number of fused-ring (bicyclic) bond motifs is 4. The number of carboxylic acid groups (broad SMARTS) is 1. The SMILES string of the molecule is CC[C@@H]1CCc2c(sc(NC(=O)[C@H]3C4CCC(CC4)[C@@H]3C(=O)O)c2C(=O)OC)C1. The van der Waals surface area contributed by atoms with Crippen LogP contribution in [0.1, 0.15) is 66.2 Å². The van der Waals surface area contributed by atoms with E-state index < -0.39 is 23.8 Å². The predicted octanol–water partition coefficient (Wildman–Crippen LogP) is 4.13. The number of nitrogens with one attached hydrogen (secondary N) is 1. The Labute approximate surface area is 175 Å². The Morgan fingerprint density at radius 2 is 1.76 bits per heavy atom. The fourth-order valence-corrected chi connectivity index (χ4v) is 7.14. The normalized spacial score (nSPS) is 30.5. The van der Waals surface area contributed by atoms with E-state index in [1.165, 1.54) is 18.4 Å². The Bertz CT molecular complexity index is 823. The van der Waals surface area contributed by atoms with E-state index in [1.54, 1.807) is 0 Å². The highest BCUT2D eigenvalue weighted by Gasteiger charge is 2.50. The Hall–Kier alpha value is -1.89. The Morgan fingerprint density at radius 1 is 1.10 bits per heavy atom. The molecule has 0 spiro atoms. The van der Waals surface area contributed by atoms with Gasteiger partial charge in [-0.15, -0.1) is 11.3 Å². The van der Waals surface area contributed by atoms with Gasteiger partial charge in [-0.1, -0.05) is 13.3 Å². The van der Waals surface area contributed by atoms with Crippen molar-refractivity contribution in [3.63, 3.8) is 0 Å². The number of rotatable bonds is 5. The summed E-state index contributed by atoms with van der Waals surface area (Å²) in [5.41, 5.74) is 1.48. The summed E-state index contributed by atoms with van der Waals surface area (Å²) in [6.45, 7) is 2.18. The molecule has 3 fully saturated rings. The van der Waals surface area contributed by atoms with Gasteiger partial charge in [-0.3, -0.25) is 9.59 Å². The van der Waals surface area contributed by atoms with Crippen molar-refractivity contribution in [3.05, 3.63) is 16.0 Å². The van der Waals surface area contributed by atoms with Gasteiger partial charge < -0.3 is 15.2 Å². The van der Waals surface area contributed by atoms with Crippen molar-refractivity contribution in [1.82, 2.24) is 0 Å². The van der Waals surface area contributed by atoms with Crippen LogP contribution in [0.15, 0.2) is 0 Å². The number of ether oxygens (including phenoxy) is 1. The molecule has 29 heavy (non-hydrogen) atoms. The number of carbonyl (C=O) groups is 3. The minimum atomic E-state index is -0.871. The maximum atomic E-state index is 13.2. The lowest BCUT2D eigenvalue weighted by Gasteiger charge is -2.45. The minimum Gasteiger partial charge on any atom is -0.481 e. The van der Waals surface area contributed by atoms with E-state index >= 15 is 0 Å². The molecule has 3 saturated carbocycles. The molecule has 1 aromatic rings. The van der Waals surface area contributed by atoms with Crippen LogP contribution in [0, 0.1) is 29.6 Å². The van der Waals surface area contributed by atoms with Crippen LogP contribution < -0.4 is 5.32 Å². The van der Waals surface area contributed by atoms with Crippen LogP contribution in [-0.4, -0.2) is 30.1 Å². The summed E-state index contributed by atoms with van der Waals surface area (Å²) in [4.78, 5) is 38.8. The summed E-state index contributed by atoms with van der Waals surface area (Å²) in [5, 5.41) is 13.3. The van der Waals surface area contributed by atoms with Gasteiger partial charge in [0.15, 0.2) is 0 Å². The van der Waals surface area contributed by atoms with Crippen LogP contribution in [0.25, 0.3) is 0 Å². The van der Waals surface area contributed by atoms with E-state index in [-0.39, 0.29) is 17.7 Å². The van der Waals surface area contributed by atoms with Crippen molar-refractivity contribution in [2.75, 3.05) is 12.4 Å². The lowest BCUT2D eigenvalue weighted by atomic mass is 9.58. The fraction of sp³-hybridized carbons (Fsp3) is 0.682. The summed E-state index contributed by atoms with van der Waals surface area (Å²) in [5.74, 6) is -1.90. The second-order valence-corrected chi connectivity index (χ2v) is 9.88. The lowest BCUT2D eigenvalue weighted by molar-refractivity contribution is -0.156. The van der Waals surface area contributed by atoms with Crippen molar-refractivity contribution in [2.45, 2.75) is 58.3 Å². The Morgan fingerprint density at radius 3 is 2.34 bits per heavy atom. The first-order chi connectivity index (χ1) is 13.9. The molecule has 7 heteroatoms. The fourth-order valence-electron chi connectivity index (χ4n) is 5.79. The third kappa shape index (κ3) is 3.58. The van der Waals surface area contributed by atoms with Gasteiger partial charge in [0, 0.05) is 4.88 Å². The second kappa shape index (κ2) is 8.09. The molecule has 0 aliphatic heterocycles. The number of hydrogen-bond donors (Lipinski definition) is 2. The first-order valence-electron chi connectivity index (χ1n) is 10.7. The van der Waals surface area contributed by atoms with Gasteiger partial charge in [-0.25, -0.2) is 4.79 Å². The van der Waals surface area contributed by atoms with Gasteiger partial charge in [0.05, 0.1) is 24.5 Å². The zero-order valence-electron chi connectivity index (χ0n) is 17.0. The number of anilines is 1. The van der Waals surface area contributed by atoms with Crippen LogP contribution in [0.4, 0.5) is 5.00 Å². The summed E-state index contributed by atoms with van der Waals surface area (Å²) < 4.78 is 5.01. The number of thiophene rings is 1. The van der Waals surface area contributed by atoms with Crippen LogP contribution in [0.2, 0.25) is 0 Å². The third-order valence-corrected chi connectivity index (χ3v) is 8.55. The van der Waals surface area contributed by atoms with Crippen molar-refractivity contribution in [2.24, 2.45) is 29.6 Å². The standard InChI is InChI=1S/C22H29NO5S/c1-3-11-4-9-14-15(10-11)29-20(18(14)22(27)28-2)23-19(24)16-12-5-7-13(8-6-12)17(16)21(25)26/h11-13,16-17H,3-10H2,1-2H3,(H,23,24)(H,25,26)/t11-,12?,13?,16+,17+/m1/s1. The number of esters is 1. The molecule has 158 valence electrons. The van der Waals surface area contributed by atoms with E-state index in [4.69, 9.17) is 4.74 Å². The average Bonchev–Trinajstić information content (AvgIpc) is 3.09. The highest BCUT2D eigenvalue weighted by Crippen LogP contribution is 2.50. The van der Waals surface area contributed by atoms with Gasteiger partial charge in [-0.05, 0) is 68.3 Å². The first-order valence-corrected chi connectivity index (χ1v) is 11.5. The molecule has 4 aliphatic carbocycles. The van der Waals surface area contributed by atoms with Crippen LogP contribution >= 0.6 is 11.3 Å². The number of aliphatic carboxylic acids is 1. The van der Waals surface area contributed by atoms with Gasteiger partial charge >= 0.3 is 11.9 Å². The van der Waals surface area contributed by atoms with E-state index in [2.05, 4.69) is 12.2 Å². The smallest absolute Gasteiger partial charge is 0.341 e. The molecule has 2 N–H and O–H groups in total. The summed E-state index contributed by atoms with van der Waals surface area (Å²) in [7, 11) is 1.36. The van der Waals surface area contributed by atoms with Crippen molar-refractivity contribution < 1.29 is 24.2 Å². The topological polar surface area (TPSA) is 92.7 Å². The van der Waals surface area contributed by atoms with Crippen LogP contribution in [0.5, 0.6) is 0 Å². The molecule has 1 aromatic heterocycles. The van der Waals surface area contributed by atoms with Gasteiger partial charge in [0.1, 0.15) is 5.00 Å². The van der Waals surface area contributed by atoms with Crippen molar-refractivity contribution in [1.29, 1.82) is 0 Å². The van der Waals surface area contributed by atoms with Crippen molar-refractivity contribution >= 4 is 34.2 Å². The van der Waals surface area contributed by atoms with Crippen LogP contribution in [0.3, 0.4) is 0 Å². The number of carboxylic acids is 1. The Balaban J connectivity index is 1.63. The maximum absolute atomic E-state index is 13.2. The molecule has 4 aliphatic rings. The molecule has 2 bridgehead atoms. The molecular formula is C22H29NO5S. The average molecular weight is 420 g/mol. The van der Waals surface area contributed by atoms with Crippen molar-refractivity contribution in [3.8, 4) is 0 Å². The molecule has 1 heterocycles. The highest BCUT2D eigenvalue weighted by atomic mass is 32.1. The van der Waals surface area contributed by atoms with Crippen LogP contribution in [-0.2, 0) is 27.2 Å². The summed E-state index contributed by atoms with van der Waals surface area (Å²) in [6.07, 6.45) is 7.47. The zero-order valence-corrected chi connectivity index (χ0v) is 17.8. The van der Waals surface area contributed by atoms with Gasteiger partial charge in [0.2, 0.25) is 5.91 Å². The van der Waals surface area contributed by atoms with Gasteiger partial charge in [0.25, 0.3) is 0 Å². The molecule has 3 atom stereocenters. The predicted molar refractivity (Wildman–Crippen MR) is 110 cm³/mol. The molecule has 0 aromatic carbocycles. The number of amides is 1. The maximum Gasteiger partial charge on any atom is 0.341 e. The molecule has 5 rings (SSSR count). The molecule has 6 nitrogen and oxygen atoms in total. The van der Waals surface area contributed by atoms with E-state index in [1.807, 2.05) is 0 Å². The highest BCUT2D eigenvalue weighted by molar-refractivity contribution is 7.17. The minimum absolute atomic E-state index is 0.0789. The molecule has 0 radical (unpaired) electrons. The zero-order chi connectivity index (χ0) is 20.7. The number of methoxy groups -OCH3 is 1. The molecular weight excluding hydrogens is 390 g/mol.